The highest BCUT2D eigenvalue weighted by Crippen LogP contribution is 2.27. The fraction of sp³-hybridized carbons (Fsp3) is 0.364. The minimum Gasteiger partial charge on any atom is -0.388 e. The highest BCUT2D eigenvalue weighted by molar-refractivity contribution is 9.09. The maximum atomic E-state index is 5.40. The molecule has 0 N–H and O–H groups in total. The first-order valence-electron chi connectivity index (χ1n) is 4.60. The van der Waals surface area contributed by atoms with Gasteiger partial charge in [0.15, 0.2) is 0 Å². The van der Waals surface area contributed by atoms with Crippen LogP contribution in [0.25, 0.3) is 0 Å². The molecule has 14 heavy (non-hydrogen) atoms. The van der Waals surface area contributed by atoms with Gasteiger partial charge in [-0.3, -0.25) is 0 Å². The van der Waals surface area contributed by atoms with Crippen LogP contribution >= 0.6 is 15.9 Å². The number of benzene rings is 1. The molecule has 1 aliphatic heterocycles. The Balaban J connectivity index is 2.17. The van der Waals surface area contributed by atoms with Crippen LogP contribution in [-0.4, -0.2) is 16.6 Å². The first-order valence-corrected chi connectivity index (χ1v) is 5.72. The van der Waals surface area contributed by atoms with Crippen LogP contribution < -0.4 is 0 Å². The van der Waals surface area contributed by atoms with Gasteiger partial charge in [0.2, 0.25) is 0 Å². The number of oxime groups is 1. The third-order valence-electron chi connectivity index (χ3n) is 2.31. The van der Waals surface area contributed by atoms with E-state index in [0.717, 1.165) is 23.0 Å². The van der Waals surface area contributed by atoms with Crippen LogP contribution in [0.2, 0.25) is 0 Å². The predicted molar refractivity (Wildman–Crippen MR) is 60.9 cm³/mol. The summed E-state index contributed by atoms with van der Waals surface area (Å²) in [4.78, 5) is 5.40. The van der Waals surface area contributed by atoms with E-state index in [-0.39, 0.29) is 5.60 Å². The highest BCUT2D eigenvalue weighted by Gasteiger charge is 2.33. The fourth-order valence-electron chi connectivity index (χ4n) is 1.44. The Bertz CT molecular complexity index is 350. The summed E-state index contributed by atoms with van der Waals surface area (Å²) in [5.74, 6) is 0. The molecule has 1 aliphatic rings. The Morgan fingerprint density at radius 2 is 2.14 bits per heavy atom. The minimum atomic E-state index is -0.175. The Morgan fingerprint density at radius 3 is 2.71 bits per heavy atom. The summed E-state index contributed by atoms with van der Waals surface area (Å²) in [6, 6.07) is 10.1. The monoisotopic (exact) mass is 253 g/mol. The molecular formula is C11H12BrNO. The first kappa shape index (κ1) is 9.71. The third kappa shape index (κ3) is 1.82. The van der Waals surface area contributed by atoms with Crippen molar-refractivity contribution >= 4 is 21.6 Å². The topological polar surface area (TPSA) is 21.6 Å². The molecule has 0 amide bonds. The van der Waals surface area contributed by atoms with E-state index in [2.05, 4.69) is 40.1 Å². The zero-order valence-corrected chi connectivity index (χ0v) is 9.62. The molecule has 0 aromatic heterocycles. The van der Waals surface area contributed by atoms with Crippen molar-refractivity contribution < 1.29 is 4.84 Å². The summed E-state index contributed by atoms with van der Waals surface area (Å²) in [6.07, 6.45) is 0.863. The van der Waals surface area contributed by atoms with E-state index in [1.165, 1.54) is 0 Å². The maximum Gasteiger partial charge on any atom is 0.150 e. The molecule has 0 fully saturated rings. The molecule has 0 spiro atoms. The van der Waals surface area contributed by atoms with Gasteiger partial charge in [-0.15, -0.1) is 0 Å². The van der Waals surface area contributed by atoms with Gasteiger partial charge in [0.1, 0.15) is 5.60 Å². The molecular weight excluding hydrogens is 242 g/mol. The fourth-order valence-corrected chi connectivity index (χ4v) is 1.74. The van der Waals surface area contributed by atoms with Crippen molar-refractivity contribution in [2.45, 2.75) is 18.9 Å². The van der Waals surface area contributed by atoms with Crippen molar-refractivity contribution in [3.8, 4) is 0 Å². The molecule has 2 nitrogen and oxygen atoms in total. The van der Waals surface area contributed by atoms with Crippen molar-refractivity contribution in [1.82, 2.24) is 0 Å². The lowest BCUT2D eigenvalue weighted by Crippen LogP contribution is -2.26. The predicted octanol–water partition coefficient (Wildman–Crippen LogP) is 2.96. The highest BCUT2D eigenvalue weighted by atomic mass is 79.9. The van der Waals surface area contributed by atoms with Crippen molar-refractivity contribution in [1.29, 1.82) is 0 Å². The van der Waals surface area contributed by atoms with Gasteiger partial charge in [0.25, 0.3) is 0 Å². The van der Waals surface area contributed by atoms with Gasteiger partial charge in [-0.25, -0.2) is 0 Å². The van der Waals surface area contributed by atoms with Crippen molar-refractivity contribution in [2.24, 2.45) is 5.16 Å². The average Bonchev–Trinajstić information content (AvgIpc) is 2.63. The van der Waals surface area contributed by atoms with Crippen molar-refractivity contribution in [2.75, 3.05) is 5.33 Å². The van der Waals surface area contributed by atoms with Crippen LogP contribution in [0.5, 0.6) is 0 Å². The number of halogens is 1. The van der Waals surface area contributed by atoms with E-state index in [1.54, 1.807) is 0 Å². The standard InChI is InChI=1S/C11H12BrNO/c1-11(8-12)7-10(13-14-11)9-5-3-2-4-6-9/h2-6H,7-8H2,1H3/t11-/m1/s1. The Labute approximate surface area is 92.1 Å². The molecule has 74 valence electrons. The van der Waals surface area contributed by atoms with Gasteiger partial charge in [-0.2, -0.15) is 0 Å². The molecule has 0 saturated carbocycles. The maximum absolute atomic E-state index is 5.40. The number of alkyl halides is 1. The molecule has 1 heterocycles. The van der Waals surface area contributed by atoms with Crippen LogP contribution in [0.3, 0.4) is 0 Å². The largest absolute Gasteiger partial charge is 0.388 e. The van der Waals surface area contributed by atoms with E-state index in [0.29, 0.717) is 0 Å². The smallest absolute Gasteiger partial charge is 0.150 e. The summed E-state index contributed by atoms with van der Waals surface area (Å²) in [6.45, 7) is 2.06. The second-order valence-corrected chi connectivity index (χ2v) is 4.32. The number of rotatable bonds is 2. The molecule has 1 atom stereocenters. The number of hydrogen-bond donors (Lipinski definition) is 0. The van der Waals surface area contributed by atoms with Gasteiger partial charge in [-0.05, 0) is 12.5 Å². The van der Waals surface area contributed by atoms with Gasteiger partial charge in [-0.1, -0.05) is 51.4 Å². The van der Waals surface area contributed by atoms with E-state index < -0.39 is 0 Å². The third-order valence-corrected chi connectivity index (χ3v) is 3.49. The summed E-state index contributed by atoms with van der Waals surface area (Å²) in [5, 5.41) is 4.92. The number of hydrogen-bond acceptors (Lipinski definition) is 2. The molecule has 2 rings (SSSR count). The molecule has 0 unspecified atom stereocenters. The molecule has 3 heteroatoms. The molecule has 0 saturated heterocycles. The van der Waals surface area contributed by atoms with Gasteiger partial charge in [0, 0.05) is 11.8 Å². The summed E-state index contributed by atoms with van der Waals surface area (Å²) in [5.41, 5.74) is 2.01. The first-order chi connectivity index (χ1) is 6.73. The summed E-state index contributed by atoms with van der Waals surface area (Å²) < 4.78 is 0. The van der Waals surface area contributed by atoms with Crippen LogP contribution in [0.15, 0.2) is 35.5 Å². The zero-order valence-electron chi connectivity index (χ0n) is 8.03. The average molecular weight is 254 g/mol. The molecule has 1 aromatic carbocycles. The lowest BCUT2D eigenvalue weighted by molar-refractivity contribution is 0.0173. The van der Waals surface area contributed by atoms with Gasteiger partial charge in [0.05, 0.1) is 5.71 Å². The Morgan fingerprint density at radius 1 is 1.43 bits per heavy atom. The van der Waals surface area contributed by atoms with Crippen LogP contribution in [-0.2, 0) is 4.84 Å². The quantitative estimate of drug-likeness (QED) is 0.743. The number of nitrogens with zero attached hydrogens (tertiary/aromatic N) is 1. The molecule has 1 aromatic rings. The van der Waals surface area contributed by atoms with Crippen LogP contribution in [0, 0.1) is 0 Å². The minimum absolute atomic E-state index is 0.175. The van der Waals surface area contributed by atoms with Gasteiger partial charge < -0.3 is 4.84 Å². The summed E-state index contributed by atoms with van der Waals surface area (Å²) in [7, 11) is 0. The van der Waals surface area contributed by atoms with Crippen LogP contribution in [0.1, 0.15) is 18.9 Å². The van der Waals surface area contributed by atoms with Crippen LogP contribution in [0.4, 0.5) is 0 Å². The normalized spacial score (nSPS) is 25.7. The Hall–Kier alpha value is -0.830. The summed E-state index contributed by atoms with van der Waals surface area (Å²) >= 11 is 3.43. The zero-order chi connectivity index (χ0) is 10.0. The SMILES string of the molecule is C[C@]1(CBr)CC(c2ccccc2)=NO1. The van der Waals surface area contributed by atoms with E-state index in [1.807, 2.05) is 18.2 Å². The lowest BCUT2D eigenvalue weighted by atomic mass is 9.98. The van der Waals surface area contributed by atoms with Crippen molar-refractivity contribution in [3.63, 3.8) is 0 Å². The van der Waals surface area contributed by atoms with E-state index in [9.17, 15) is 0 Å². The molecule has 0 aliphatic carbocycles. The van der Waals surface area contributed by atoms with Crippen molar-refractivity contribution in [3.05, 3.63) is 35.9 Å². The second-order valence-electron chi connectivity index (χ2n) is 3.76. The molecule has 0 bridgehead atoms. The Kier molecular flexibility index (Phi) is 2.59. The second kappa shape index (κ2) is 3.73. The van der Waals surface area contributed by atoms with E-state index >= 15 is 0 Å². The van der Waals surface area contributed by atoms with E-state index in [4.69, 9.17) is 4.84 Å². The lowest BCUT2D eigenvalue weighted by Gasteiger charge is -2.17. The molecule has 0 radical (unpaired) electrons. The van der Waals surface area contributed by atoms with Gasteiger partial charge >= 0.3 is 0 Å².